The van der Waals surface area contributed by atoms with Crippen LogP contribution in [0.15, 0.2) is 12.2 Å². The third-order valence-corrected chi connectivity index (χ3v) is 1.79. The lowest BCUT2D eigenvalue weighted by molar-refractivity contribution is -0.106. The third kappa shape index (κ3) is 1.58. The predicted molar refractivity (Wildman–Crippen MR) is 39.7 cm³/mol. The standard InChI is InChI=1S/C8H14O2/c1-6(2)7-4-5-8(9-3)10-7/h7-8H,1,4-5H2,2-3H3. The van der Waals surface area contributed by atoms with Crippen LogP contribution in [0.1, 0.15) is 19.8 Å². The molecule has 0 aliphatic carbocycles. The average molecular weight is 142 g/mol. The highest BCUT2D eigenvalue weighted by atomic mass is 16.7. The first-order valence-electron chi connectivity index (χ1n) is 3.57. The van der Waals surface area contributed by atoms with Crippen molar-refractivity contribution in [2.45, 2.75) is 32.2 Å². The van der Waals surface area contributed by atoms with Gasteiger partial charge >= 0.3 is 0 Å². The quantitative estimate of drug-likeness (QED) is 0.546. The molecule has 1 aliphatic heterocycles. The zero-order chi connectivity index (χ0) is 7.56. The average Bonchev–Trinajstić information content (AvgIpc) is 2.34. The summed E-state index contributed by atoms with van der Waals surface area (Å²) >= 11 is 0. The largest absolute Gasteiger partial charge is 0.356 e. The van der Waals surface area contributed by atoms with Crippen LogP contribution in [-0.2, 0) is 9.47 Å². The van der Waals surface area contributed by atoms with Gasteiger partial charge in [-0.3, -0.25) is 0 Å². The molecule has 1 saturated heterocycles. The highest BCUT2D eigenvalue weighted by molar-refractivity contribution is 4.99. The fourth-order valence-corrected chi connectivity index (χ4v) is 1.14. The smallest absolute Gasteiger partial charge is 0.158 e. The Labute approximate surface area is 61.8 Å². The topological polar surface area (TPSA) is 18.5 Å². The molecule has 2 nitrogen and oxygen atoms in total. The van der Waals surface area contributed by atoms with Crippen LogP contribution in [0.3, 0.4) is 0 Å². The molecule has 0 bridgehead atoms. The zero-order valence-corrected chi connectivity index (χ0v) is 6.59. The summed E-state index contributed by atoms with van der Waals surface area (Å²) in [4.78, 5) is 0. The Bertz CT molecular complexity index is 131. The summed E-state index contributed by atoms with van der Waals surface area (Å²) < 4.78 is 10.5. The summed E-state index contributed by atoms with van der Waals surface area (Å²) in [5.74, 6) is 0. The first-order chi connectivity index (χ1) is 4.74. The first kappa shape index (κ1) is 7.76. The van der Waals surface area contributed by atoms with E-state index >= 15 is 0 Å². The fourth-order valence-electron chi connectivity index (χ4n) is 1.14. The Morgan fingerprint density at radius 2 is 2.30 bits per heavy atom. The number of hydrogen-bond acceptors (Lipinski definition) is 2. The highest BCUT2D eigenvalue weighted by Gasteiger charge is 2.24. The lowest BCUT2D eigenvalue weighted by Crippen LogP contribution is -2.12. The maximum Gasteiger partial charge on any atom is 0.158 e. The van der Waals surface area contributed by atoms with E-state index in [1.807, 2.05) is 6.92 Å². The van der Waals surface area contributed by atoms with E-state index in [-0.39, 0.29) is 12.4 Å². The molecule has 2 atom stereocenters. The minimum Gasteiger partial charge on any atom is -0.356 e. The number of rotatable bonds is 2. The second kappa shape index (κ2) is 3.17. The summed E-state index contributed by atoms with van der Waals surface area (Å²) in [6.45, 7) is 5.81. The van der Waals surface area contributed by atoms with E-state index in [0.29, 0.717) is 0 Å². The Morgan fingerprint density at radius 1 is 1.60 bits per heavy atom. The van der Waals surface area contributed by atoms with E-state index < -0.39 is 0 Å². The SMILES string of the molecule is C=C(C)C1CCC(OC)O1. The normalized spacial score (nSPS) is 32.6. The molecular formula is C8H14O2. The Balaban J connectivity index is 2.35. The van der Waals surface area contributed by atoms with E-state index in [1.54, 1.807) is 7.11 Å². The summed E-state index contributed by atoms with van der Waals surface area (Å²) in [6, 6.07) is 0. The van der Waals surface area contributed by atoms with E-state index in [9.17, 15) is 0 Å². The highest BCUT2D eigenvalue weighted by Crippen LogP contribution is 2.23. The van der Waals surface area contributed by atoms with Crippen molar-refractivity contribution in [2.24, 2.45) is 0 Å². The van der Waals surface area contributed by atoms with Gasteiger partial charge in [-0.15, -0.1) is 0 Å². The van der Waals surface area contributed by atoms with Gasteiger partial charge in [0.25, 0.3) is 0 Å². The minimum atomic E-state index is 0.00157. The molecule has 0 spiro atoms. The molecule has 1 heterocycles. The molecule has 2 heteroatoms. The number of hydrogen-bond donors (Lipinski definition) is 0. The van der Waals surface area contributed by atoms with Gasteiger partial charge in [-0.25, -0.2) is 0 Å². The van der Waals surface area contributed by atoms with Crippen molar-refractivity contribution >= 4 is 0 Å². The van der Waals surface area contributed by atoms with Gasteiger partial charge in [0, 0.05) is 13.5 Å². The molecule has 0 N–H and O–H groups in total. The van der Waals surface area contributed by atoms with Crippen LogP contribution in [0.25, 0.3) is 0 Å². The molecule has 0 radical (unpaired) electrons. The van der Waals surface area contributed by atoms with Gasteiger partial charge < -0.3 is 9.47 Å². The molecule has 0 aromatic heterocycles. The van der Waals surface area contributed by atoms with Crippen molar-refractivity contribution in [3.8, 4) is 0 Å². The van der Waals surface area contributed by atoms with Crippen LogP contribution >= 0.6 is 0 Å². The van der Waals surface area contributed by atoms with Gasteiger partial charge in [0.2, 0.25) is 0 Å². The third-order valence-electron chi connectivity index (χ3n) is 1.79. The molecule has 1 aliphatic rings. The van der Waals surface area contributed by atoms with Gasteiger partial charge in [0.05, 0.1) is 6.10 Å². The van der Waals surface area contributed by atoms with Gasteiger partial charge in [-0.2, -0.15) is 0 Å². The van der Waals surface area contributed by atoms with Gasteiger partial charge in [-0.05, 0) is 13.3 Å². The van der Waals surface area contributed by atoms with E-state index in [4.69, 9.17) is 9.47 Å². The summed E-state index contributed by atoms with van der Waals surface area (Å²) in [6.07, 6.45) is 2.27. The van der Waals surface area contributed by atoms with Crippen molar-refractivity contribution < 1.29 is 9.47 Å². The molecule has 0 saturated carbocycles. The van der Waals surface area contributed by atoms with Crippen LogP contribution in [0.5, 0.6) is 0 Å². The summed E-state index contributed by atoms with van der Waals surface area (Å²) in [5, 5.41) is 0. The maximum absolute atomic E-state index is 5.45. The second-order valence-electron chi connectivity index (χ2n) is 2.71. The van der Waals surface area contributed by atoms with Crippen molar-refractivity contribution in [3.05, 3.63) is 12.2 Å². The molecular weight excluding hydrogens is 128 g/mol. The van der Waals surface area contributed by atoms with Crippen LogP contribution < -0.4 is 0 Å². The maximum atomic E-state index is 5.45. The van der Waals surface area contributed by atoms with E-state index in [1.165, 1.54) is 0 Å². The Morgan fingerprint density at radius 3 is 2.60 bits per heavy atom. The summed E-state index contributed by atoms with van der Waals surface area (Å²) in [7, 11) is 1.67. The Hall–Kier alpha value is -0.340. The summed E-state index contributed by atoms with van der Waals surface area (Å²) in [5.41, 5.74) is 1.10. The molecule has 58 valence electrons. The second-order valence-corrected chi connectivity index (χ2v) is 2.71. The van der Waals surface area contributed by atoms with Gasteiger partial charge in [0.15, 0.2) is 6.29 Å². The lowest BCUT2D eigenvalue weighted by atomic mass is 10.1. The Kier molecular flexibility index (Phi) is 2.46. The molecule has 10 heavy (non-hydrogen) atoms. The van der Waals surface area contributed by atoms with Crippen molar-refractivity contribution in [1.29, 1.82) is 0 Å². The molecule has 1 fully saturated rings. The van der Waals surface area contributed by atoms with Gasteiger partial charge in [-0.1, -0.05) is 12.2 Å². The number of methoxy groups -OCH3 is 1. The molecule has 0 aromatic carbocycles. The van der Waals surface area contributed by atoms with E-state index in [2.05, 4.69) is 6.58 Å². The molecule has 2 unspecified atom stereocenters. The lowest BCUT2D eigenvalue weighted by Gasteiger charge is -2.11. The van der Waals surface area contributed by atoms with Crippen LogP contribution in [0, 0.1) is 0 Å². The number of ether oxygens (including phenoxy) is 2. The van der Waals surface area contributed by atoms with Crippen molar-refractivity contribution in [2.75, 3.05) is 7.11 Å². The molecule has 0 amide bonds. The molecule has 0 aromatic rings. The fraction of sp³-hybridized carbons (Fsp3) is 0.750. The minimum absolute atomic E-state index is 0.00157. The predicted octanol–water partition coefficient (Wildman–Crippen LogP) is 1.71. The monoisotopic (exact) mass is 142 g/mol. The van der Waals surface area contributed by atoms with Crippen LogP contribution in [0.2, 0.25) is 0 Å². The van der Waals surface area contributed by atoms with Gasteiger partial charge in [0.1, 0.15) is 0 Å². The first-order valence-corrected chi connectivity index (χ1v) is 3.57. The van der Waals surface area contributed by atoms with Crippen LogP contribution in [-0.4, -0.2) is 19.5 Å². The molecule has 1 rings (SSSR count). The van der Waals surface area contributed by atoms with E-state index in [0.717, 1.165) is 18.4 Å². The van der Waals surface area contributed by atoms with Crippen molar-refractivity contribution in [1.82, 2.24) is 0 Å². The van der Waals surface area contributed by atoms with Crippen molar-refractivity contribution in [3.63, 3.8) is 0 Å². The zero-order valence-electron chi connectivity index (χ0n) is 6.59. The van der Waals surface area contributed by atoms with Crippen LogP contribution in [0.4, 0.5) is 0 Å².